The molecule has 2 N–H and O–H groups in total. The second-order valence-corrected chi connectivity index (χ2v) is 8.45. The number of benzene rings is 2. The number of rotatable bonds is 4. The number of hydrogen-bond donors (Lipinski definition) is 2. The lowest BCUT2D eigenvalue weighted by Crippen LogP contribution is -2.50. The molecule has 0 bridgehead atoms. The molecule has 1 saturated heterocycles. The number of amides is 2. The normalized spacial score (nSPS) is 13.8. The Bertz CT molecular complexity index is 1110. The summed E-state index contributed by atoms with van der Waals surface area (Å²) in [6.45, 7) is 8.51. The number of hydrogen-bond acceptors (Lipinski definition) is 5. The molecule has 7 nitrogen and oxygen atoms in total. The quantitative estimate of drug-likeness (QED) is 0.574. The SMILES string of the molecule is Cc1ccc(Nc2cc(N3CCN(C(=O)Nc4cc(Cl)ccc4C)CC3)nc(C)n2)cc1. The first-order chi connectivity index (χ1) is 15.4. The van der Waals surface area contributed by atoms with Gasteiger partial charge in [-0.05, 0) is 50.6 Å². The average Bonchev–Trinajstić information content (AvgIpc) is 2.77. The first-order valence-corrected chi connectivity index (χ1v) is 11.0. The van der Waals surface area contributed by atoms with Gasteiger partial charge in [0, 0.05) is 48.6 Å². The lowest BCUT2D eigenvalue weighted by Gasteiger charge is -2.35. The van der Waals surface area contributed by atoms with E-state index >= 15 is 0 Å². The van der Waals surface area contributed by atoms with Gasteiger partial charge in [0.05, 0.1) is 0 Å². The topological polar surface area (TPSA) is 73.4 Å². The van der Waals surface area contributed by atoms with Crippen LogP contribution in [0.15, 0.2) is 48.5 Å². The van der Waals surface area contributed by atoms with Gasteiger partial charge in [0.25, 0.3) is 0 Å². The van der Waals surface area contributed by atoms with Crippen molar-refractivity contribution in [3.63, 3.8) is 0 Å². The van der Waals surface area contributed by atoms with Gasteiger partial charge in [-0.1, -0.05) is 35.4 Å². The molecule has 1 aliphatic heterocycles. The summed E-state index contributed by atoms with van der Waals surface area (Å²) in [5, 5.41) is 6.93. The second kappa shape index (κ2) is 9.44. The van der Waals surface area contributed by atoms with Gasteiger partial charge in [-0.25, -0.2) is 14.8 Å². The number of anilines is 4. The van der Waals surface area contributed by atoms with Gasteiger partial charge >= 0.3 is 6.03 Å². The van der Waals surface area contributed by atoms with Crippen molar-refractivity contribution in [3.8, 4) is 0 Å². The minimum Gasteiger partial charge on any atom is -0.353 e. The Kier molecular flexibility index (Phi) is 6.46. The van der Waals surface area contributed by atoms with E-state index in [1.807, 2.05) is 49.1 Å². The van der Waals surface area contributed by atoms with E-state index in [4.69, 9.17) is 11.6 Å². The van der Waals surface area contributed by atoms with Crippen LogP contribution < -0.4 is 15.5 Å². The van der Waals surface area contributed by atoms with Crippen LogP contribution in [-0.4, -0.2) is 47.1 Å². The largest absolute Gasteiger partial charge is 0.353 e. The predicted molar refractivity (Wildman–Crippen MR) is 130 cm³/mol. The smallest absolute Gasteiger partial charge is 0.321 e. The number of aryl methyl sites for hydroxylation is 3. The lowest BCUT2D eigenvalue weighted by molar-refractivity contribution is 0.208. The summed E-state index contributed by atoms with van der Waals surface area (Å²) in [6, 6.07) is 15.5. The molecule has 0 atom stereocenters. The van der Waals surface area contributed by atoms with Crippen LogP contribution in [0.3, 0.4) is 0 Å². The first-order valence-electron chi connectivity index (χ1n) is 10.6. The van der Waals surface area contributed by atoms with E-state index in [2.05, 4.69) is 44.6 Å². The van der Waals surface area contributed by atoms with Crippen LogP contribution in [0.5, 0.6) is 0 Å². The molecule has 1 aliphatic rings. The number of aromatic nitrogens is 2. The highest BCUT2D eigenvalue weighted by Crippen LogP contribution is 2.23. The minimum atomic E-state index is -0.115. The molecule has 2 amide bonds. The molecule has 1 aromatic heterocycles. The molecule has 0 spiro atoms. The molecule has 32 heavy (non-hydrogen) atoms. The zero-order valence-corrected chi connectivity index (χ0v) is 19.3. The minimum absolute atomic E-state index is 0.115. The Morgan fingerprint density at radius 2 is 1.66 bits per heavy atom. The number of halogens is 1. The molecule has 2 heterocycles. The molecule has 0 radical (unpaired) electrons. The molecular weight excluding hydrogens is 424 g/mol. The van der Waals surface area contributed by atoms with E-state index < -0.39 is 0 Å². The molecule has 0 saturated carbocycles. The summed E-state index contributed by atoms with van der Waals surface area (Å²) < 4.78 is 0. The monoisotopic (exact) mass is 450 g/mol. The average molecular weight is 451 g/mol. The van der Waals surface area contributed by atoms with Gasteiger partial charge in [-0.3, -0.25) is 0 Å². The lowest BCUT2D eigenvalue weighted by atomic mass is 10.2. The highest BCUT2D eigenvalue weighted by Gasteiger charge is 2.23. The molecular formula is C24H27ClN6O. The van der Waals surface area contributed by atoms with Crippen LogP contribution in [0.4, 0.5) is 27.8 Å². The molecule has 1 fully saturated rings. The maximum absolute atomic E-state index is 12.7. The summed E-state index contributed by atoms with van der Waals surface area (Å²) in [7, 11) is 0. The molecule has 8 heteroatoms. The van der Waals surface area contributed by atoms with Gasteiger partial charge in [0.15, 0.2) is 0 Å². The highest BCUT2D eigenvalue weighted by atomic mass is 35.5. The Morgan fingerprint density at radius 3 is 2.38 bits per heavy atom. The van der Waals surface area contributed by atoms with Crippen molar-refractivity contribution >= 4 is 40.6 Å². The fourth-order valence-corrected chi connectivity index (χ4v) is 3.80. The van der Waals surface area contributed by atoms with Crippen LogP contribution in [0.2, 0.25) is 5.02 Å². The molecule has 3 aromatic rings. The van der Waals surface area contributed by atoms with Gasteiger partial charge in [-0.2, -0.15) is 0 Å². The van der Waals surface area contributed by atoms with Gasteiger partial charge in [-0.15, -0.1) is 0 Å². The molecule has 4 rings (SSSR count). The fraction of sp³-hybridized carbons (Fsp3) is 0.292. The Balaban J connectivity index is 1.39. The number of carbonyl (C=O) groups excluding carboxylic acids is 1. The highest BCUT2D eigenvalue weighted by molar-refractivity contribution is 6.31. The van der Waals surface area contributed by atoms with Gasteiger partial charge in [0.2, 0.25) is 0 Å². The standard InChI is InChI=1S/C24H27ClN6O/c1-16-4-8-20(9-5-16)28-22-15-23(27-18(3)26-22)30-10-12-31(13-11-30)24(32)29-21-14-19(25)7-6-17(21)2/h4-9,14-15H,10-13H2,1-3H3,(H,29,32)(H,26,27,28). The maximum Gasteiger partial charge on any atom is 0.321 e. The van der Waals surface area contributed by atoms with E-state index in [0.717, 1.165) is 28.6 Å². The van der Waals surface area contributed by atoms with Crippen LogP contribution in [0, 0.1) is 20.8 Å². The van der Waals surface area contributed by atoms with E-state index in [-0.39, 0.29) is 6.03 Å². The van der Waals surface area contributed by atoms with Crippen molar-refractivity contribution < 1.29 is 4.79 Å². The van der Waals surface area contributed by atoms with E-state index in [0.29, 0.717) is 37.0 Å². The van der Waals surface area contributed by atoms with Crippen LogP contribution >= 0.6 is 11.6 Å². The van der Waals surface area contributed by atoms with E-state index in [1.54, 1.807) is 6.07 Å². The summed E-state index contributed by atoms with van der Waals surface area (Å²) in [5.74, 6) is 2.32. The summed E-state index contributed by atoms with van der Waals surface area (Å²) in [4.78, 5) is 25.9. The molecule has 2 aromatic carbocycles. The summed E-state index contributed by atoms with van der Waals surface area (Å²) in [5.41, 5.74) is 3.91. The van der Waals surface area contributed by atoms with Gasteiger partial charge in [0.1, 0.15) is 17.5 Å². The zero-order valence-electron chi connectivity index (χ0n) is 18.5. The number of nitrogens with one attached hydrogen (secondary N) is 2. The van der Waals surface area contributed by atoms with Gasteiger partial charge < -0.3 is 20.4 Å². The summed E-state index contributed by atoms with van der Waals surface area (Å²) >= 11 is 6.07. The second-order valence-electron chi connectivity index (χ2n) is 8.01. The Labute approximate surface area is 193 Å². The molecule has 0 unspecified atom stereocenters. The van der Waals surface area contributed by atoms with Crippen LogP contribution in [0.1, 0.15) is 17.0 Å². The van der Waals surface area contributed by atoms with Crippen molar-refractivity contribution in [2.24, 2.45) is 0 Å². The number of urea groups is 1. The third kappa shape index (κ3) is 5.29. The maximum atomic E-state index is 12.7. The Morgan fingerprint density at radius 1 is 0.938 bits per heavy atom. The third-order valence-corrected chi connectivity index (χ3v) is 5.72. The first kappa shape index (κ1) is 21.9. The fourth-order valence-electron chi connectivity index (χ4n) is 3.62. The van der Waals surface area contributed by atoms with Crippen LogP contribution in [-0.2, 0) is 0 Å². The number of nitrogens with zero attached hydrogens (tertiary/aromatic N) is 4. The van der Waals surface area contributed by atoms with E-state index in [9.17, 15) is 4.79 Å². The van der Waals surface area contributed by atoms with Crippen molar-refractivity contribution in [2.75, 3.05) is 41.7 Å². The number of piperazine rings is 1. The zero-order chi connectivity index (χ0) is 22.7. The predicted octanol–water partition coefficient (Wildman–Crippen LogP) is 5.15. The Hall–Kier alpha value is -3.32. The van der Waals surface area contributed by atoms with Crippen molar-refractivity contribution in [3.05, 3.63) is 70.5 Å². The van der Waals surface area contributed by atoms with Crippen molar-refractivity contribution in [1.29, 1.82) is 0 Å². The van der Waals surface area contributed by atoms with Crippen molar-refractivity contribution in [1.82, 2.24) is 14.9 Å². The van der Waals surface area contributed by atoms with Crippen LogP contribution in [0.25, 0.3) is 0 Å². The third-order valence-electron chi connectivity index (χ3n) is 5.48. The van der Waals surface area contributed by atoms with Crippen molar-refractivity contribution in [2.45, 2.75) is 20.8 Å². The molecule has 0 aliphatic carbocycles. The molecule has 166 valence electrons. The summed E-state index contributed by atoms with van der Waals surface area (Å²) in [6.07, 6.45) is 0. The number of carbonyl (C=O) groups is 1. The van der Waals surface area contributed by atoms with E-state index in [1.165, 1.54) is 5.56 Å².